The first kappa shape index (κ1) is 15.7. The van der Waals surface area contributed by atoms with E-state index in [0.717, 1.165) is 12.1 Å². The average molecular weight is 263 g/mol. The number of carbonyl (C=O) groups is 1. The Morgan fingerprint density at radius 3 is 2.21 bits per heavy atom. The Kier molecular flexibility index (Phi) is 5.55. The molecule has 1 N–H and O–H groups in total. The Balaban J connectivity index is 3.23. The van der Waals surface area contributed by atoms with Crippen LogP contribution in [0, 0.1) is 11.8 Å². The summed E-state index contributed by atoms with van der Waals surface area (Å²) in [7, 11) is 1.44. The maximum atomic E-state index is 12.4. The van der Waals surface area contributed by atoms with Gasteiger partial charge in [0.2, 0.25) is 0 Å². The van der Waals surface area contributed by atoms with Crippen LogP contribution in [0.2, 0.25) is 0 Å². The van der Waals surface area contributed by atoms with Crippen molar-refractivity contribution in [3.8, 4) is 0 Å². The van der Waals surface area contributed by atoms with Crippen LogP contribution < -0.4 is 5.32 Å². The number of hydrogen-bond acceptors (Lipinski definition) is 3. The van der Waals surface area contributed by atoms with Crippen molar-refractivity contribution < 1.29 is 9.53 Å². The zero-order valence-electron chi connectivity index (χ0n) is 12.6. The van der Waals surface area contributed by atoms with Gasteiger partial charge in [0.15, 0.2) is 0 Å². The molecule has 1 unspecified atom stereocenters. The molecule has 0 aliphatic carbocycles. The highest BCUT2D eigenvalue weighted by atomic mass is 16.5. The van der Waals surface area contributed by atoms with E-state index in [1.54, 1.807) is 0 Å². The number of ether oxygens (including phenoxy) is 1. The fourth-order valence-electron chi connectivity index (χ4n) is 2.29. The lowest BCUT2D eigenvalue weighted by Crippen LogP contribution is -2.54. The van der Waals surface area contributed by atoms with E-state index in [1.807, 2.05) is 44.2 Å². The highest BCUT2D eigenvalue weighted by molar-refractivity contribution is 5.83. The van der Waals surface area contributed by atoms with E-state index in [4.69, 9.17) is 4.74 Å². The minimum atomic E-state index is -0.777. The predicted molar refractivity (Wildman–Crippen MR) is 77.8 cm³/mol. The summed E-state index contributed by atoms with van der Waals surface area (Å²) < 4.78 is 5.06. The molecule has 0 aliphatic rings. The topological polar surface area (TPSA) is 38.3 Å². The van der Waals surface area contributed by atoms with Crippen molar-refractivity contribution in [3.05, 3.63) is 35.9 Å². The van der Waals surface area contributed by atoms with Crippen LogP contribution in [0.15, 0.2) is 30.3 Å². The summed E-state index contributed by atoms with van der Waals surface area (Å²) in [6, 6.07) is 9.81. The highest BCUT2D eigenvalue weighted by Crippen LogP contribution is 2.31. The van der Waals surface area contributed by atoms with Crippen LogP contribution in [0.1, 0.15) is 33.3 Å². The van der Waals surface area contributed by atoms with Crippen molar-refractivity contribution in [3.63, 3.8) is 0 Å². The van der Waals surface area contributed by atoms with Crippen LogP contribution in [0.3, 0.4) is 0 Å². The van der Waals surface area contributed by atoms with E-state index in [0.29, 0.717) is 5.92 Å². The lowest BCUT2D eigenvalue weighted by atomic mass is 9.79. The molecule has 1 aromatic carbocycles. The summed E-state index contributed by atoms with van der Waals surface area (Å²) in [5, 5.41) is 3.42. The van der Waals surface area contributed by atoms with Crippen molar-refractivity contribution in [2.45, 2.75) is 33.2 Å². The summed E-state index contributed by atoms with van der Waals surface area (Å²) in [4.78, 5) is 12.4. The Bertz CT molecular complexity index is 400. The van der Waals surface area contributed by atoms with Crippen LogP contribution in [0.5, 0.6) is 0 Å². The minimum absolute atomic E-state index is 0.0982. The summed E-state index contributed by atoms with van der Waals surface area (Å²) >= 11 is 0. The summed E-state index contributed by atoms with van der Waals surface area (Å²) in [5.74, 6) is 0.335. The van der Waals surface area contributed by atoms with Gasteiger partial charge in [0.25, 0.3) is 0 Å². The molecule has 0 saturated carbocycles. The van der Waals surface area contributed by atoms with Gasteiger partial charge in [-0.05, 0) is 23.9 Å². The standard InChI is InChI=1S/C16H25NO2/c1-12(2)11-17-16(13(3)4,15(18)19-5)14-9-7-6-8-10-14/h6-10,12-13,17H,11H2,1-5H3. The molecule has 0 aliphatic heterocycles. The molecule has 0 amide bonds. The zero-order valence-corrected chi connectivity index (χ0v) is 12.6. The lowest BCUT2D eigenvalue weighted by molar-refractivity contribution is -0.151. The SMILES string of the molecule is COC(=O)C(NCC(C)C)(c1ccccc1)C(C)C. The van der Waals surface area contributed by atoms with Gasteiger partial charge in [0.1, 0.15) is 5.54 Å². The van der Waals surface area contributed by atoms with E-state index >= 15 is 0 Å². The first-order valence-corrected chi connectivity index (χ1v) is 6.84. The Morgan fingerprint density at radius 1 is 1.21 bits per heavy atom. The predicted octanol–water partition coefficient (Wildman–Crippen LogP) is 2.96. The lowest BCUT2D eigenvalue weighted by Gasteiger charge is -2.37. The number of benzene rings is 1. The molecule has 0 fully saturated rings. The molecule has 1 aromatic rings. The maximum Gasteiger partial charge on any atom is 0.330 e. The van der Waals surface area contributed by atoms with Crippen molar-refractivity contribution in [2.75, 3.05) is 13.7 Å². The van der Waals surface area contributed by atoms with Crippen molar-refractivity contribution in [1.82, 2.24) is 5.32 Å². The maximum absolute atomic E-state index is 12.4. The molecule has 0 spiro atoms. The molecule has 1 atom stereocenters. The molecular formula is C16H25NO2. The molecular weight excluding hydrogens is 238 g/mol. The van der Waals surface area contributed by atoms with E-state index in [1.165, 1.54) is 7.11 Å². The molecule has 3 nitrogen and oxygen atoms in total. The Hall–Kier alpha value is -1.35. The van der Waals surface area contributed by atoms with Gasteiger partial charge in [-0.2, -0.15) is 0 Å². The fourth-order valence-corrected chi connectivity index (χ4v) is 2.29. The normalized spacial score (nSPS) is 14.5. The van der Waals surface area contributed by atoms with Crippen molar-refractivity contribution in [2.24, 2.45) is 11.8 Å². The first-order chi connectivity index (χ1) is 8.95. The van der Waals surface area contributed by atoms with Gasteiger partial charge in [-0.1, -0.05) is 58.0 Å². The molecule has 0 radical (unpaired) electrons. The largest absolute Gasteiger partial charge is 0.467 e. The summed E-state index contributed by atoms with van der Waals surface area (Å²) in [5.41, 5.74) is 0.179. The fraction of sp³-hybridized carbons (Fsp3) is 0.562. The number of nitrogens with one attached hydrogen (secondary N) is 1. The van der Waals surface area contributed by atoms with Gasteiger partial charge in [0, 0.05) is 0 Å². The monoisotopic (exact) mass is 263 g/mol. The smallest absolute Gasteiger partial charge is 0.330 e. The second kappa shape index (κ2) is 6.71. The van der Waals surface area contributed by atoms with Gasteiger partial charge in [-0.15, -0.1) is 0 Å². The number of carbonyl (C=O) groups excluding carboxylic acids is 1. The summed E-state index contributed by atoms with van der Waals surface area (Å²) in [6.45, 7) is 9.09. The molecule has 0 heterocycles. The van der Waals surface area contributed by atoms with E-state index < -0.39 is 5.54 Å². The van der Waals surface area contributed by atoms with Crippen LogP contribution in [-0.2, 0) is 15.1 Å². The van der Waals surface area contributed by atoms with Gasteiger partial charge in [0.05, 0.1) is 7.11 Å². The summed E-state index contributed by atoms with van der Waals surface area (Å²) in [6.07, 6.45) is 0. The zero-order chi connectivity index (χ0) is 14.5. The molecule has 0 bridgehead atoms. The van der Waals surface area contributed by atoms with Gasteiger partial charge in [-0.3, -0.25) is 5.32 Å². The van der Waals surface area contributed by atoms with Crippen LogP contribution in [-0.4, -0.2) is 19.6 Å². The minimum Gasteiger partial charge on any atom is -0.467 e. The number of methoxy groups -OCH3 is 1. The molecule has 19 heavy (non-hydrogen) atoms. The van der Waals surface area contributed by atoms with Gasteiger partial charge in [-0.25, -0.2) is 4.79 Å². The van der Waals surface area contributed by atoms with Gasteiger partial charge < -0.3 is 4.74 Å². The third-order valence-corrected chi connectivity index (χ3v) is 3.39. The number of rotatable bonds is 6. The number of hydrogen-bond donors (Lipinski definition) is 1. The molecule has 1 rings (SSSR count). The Morgan fingerprint density at radius 2 is 1.79 bits per heavy atom. The first-order valence-electron chi connectivity index (χ1n) is 6.84. The van der Waals surface area contributed by atoms with Crippen molar-refractivity contribution >= 4 is 5.97 Å². The number of esters is 1. The van der Waals surface area contributed by atoms with Crippen LogP contribution in [0.4, 0.5) is 0 Å². The molecule has 106 valence electrons. The Labute approximate surface area is 116 Å². The molecule has 0 saturated heterocycles. The average Bonchev–Trinajstić information content (AvgIpc) is 2.39. The van der Waals surface area contributed by atoms with E-state index in [9.17, 15) is 4.79 Å². The second-order valence-electron chi connectivity index (χ2n) is 5.60. The van der Waals surface area contributed by atoms with E-state index in [-0.39, 0.29) is 11.9 Å². The third kappa shape index (κ3) is 3.35. The second-order valence-corrected chi connectivity index (χ2v) is 5.60. The third-order valence-electron chi connectivity index (χ3n) is 3.39. The van der Waals surface area contributed by atoms with Gasteiger partial charge >= 0.3 is 5.97 Å². The molecule has 0 aromatic heterocycles. The van der Waals surface area contributed by atoms with Crippen molar-refractivity contribution in [1.29, 1.82) is 0 Å². The quantitative estimate of drug-likeness (QED) is 0.802. The molecule has 3 heteroatoms. The van der Waals surface area contributed by atoms with Crippen LogP contribution in [0.25, 0.3) is 0 Å². The van der Waals surface area contributed by atoms with E-state index in [2.05, 4.69) is 19.2 Å². The van der Waals surface area contributed by atoms with Crippen LogP contribution >= 0.6 is 0 Å². The highest BCUT2D eigenvalue weighted by Gasteiger charge is 2.44.